The lowest BCUT2D eigenvalue weighted by Crippen LogP contribution is -2.63. The van der Waals surface area contributed by atoms with Crippen LogP contribution in [-0.2, 0) is 54.4 Å². The summed E-state index contributed by atoms with van der Waals surface area (Å²) in [5.41, 5.74) is 11.5. The summed E-state index contributed by atoms with van der Waals surface area (Å²) in [4.78, 5) is 141. The zero-order chi connectivity index (χ0) is 56.5. The maximum Gasteiger partial charge on any atom is 0.245 e. The molecule has 10 atom stereocenters. The Hall–Kier alpha value is -7.05. The van der Waals surface area contributed by atoms with E-state index < -0.39 is 114 Å². The van der Waals surface area contributed by atoms with Gasteiger partial charge in [0.1, 0.15) is 48.0 Å². The van der Waals surface area contributed by atoms with Gasteiger partial charge in [0.15, 0.2) is 5.96 Å². The minimum atomic E-state index is -1.67. The van der Waals surface area contributed by atoms with Gasteiger partial charge in [-0.05, 0) is 75.5 Å². The van der Waals surface area contributed by atoms with Crippen LogP contribution in [0.25, 0.3) is 0 Å². The van der Waals surface area contributed by atoms with E-state index in [1.165, 1.54) is 50.1 Å². The summed E-state index contributed by atoms with van der Waals surface area (Å²) in [6.45, 7) is 12.9. The molecular weight excluding hydrogens is 975 g/mol. The van der Waals surface area contributed by atoms with Gasteiger partial charge in [0.25, 0.3) is 0 Å². The molecule has 1 heterocycles. The van der Waals surface area contributed by atoms with Crippen molar-refractivity contribution in [2.24, 2.45) is 28.3 Å². The van der Waals surface area contributed by atoms with Crippen molar-refractivity contribution in [1.29, 1.82) is 0 Å². The molecule has 75 heavy (non-hydrogen) atoms. The number of phenols is 1. The molecule has 0 radical (unpaired) electrons. The van der Waals surface area contributed by atoms with Crippen LogP contribution in [0.2, 0.25) is 0 Å². The van der Waals surface area contributed by atoms with Crippen LogP contribution in [0.4, 0.5) is 0 Å². The number of guanidine groups is 1. The Bertz CT molecular complexity index is 2140. The number of aliphatic imine (C=N–C) groups is 1. The minimum absolute atomic E-state index is 0.0496. The predicted octanol–water partition coefficient (Wildman–Crippen LogP) is -2.11. The van der Waals surface area contributed by atoms with Crippen molar-refractivity contribution in [3.63, 3.8) is 0 Å². The Labute approximate surface area is 439 Å². The maximum absolute atomic E-state index is 14.2. The van der Waals surface area contributed by atoms with E-state index in [2.05, 4.69) is 47.5 Å². The Morgan fingerprint density at radius 2 is 1.27 bits per heavy atom. The first-order chi connectivity index (χ1) is 35.4. The van der Waals surface area contributed by atoms with Gasteiger partial charge in [-0.2, -0.15) is 0 Å². The fraction of sp³-hybridized carbons (Fsp3) is 0.660. The zero-order valence-electron chi connectivity index (χ0n) is 45.0. The molecule has 1 aromatic carbocycles. The number of aromatic hydroxyl groups is 1. The van der Waals surface area contributed by atoms with Crippen molar-refractivity contribution in [2.45, 2.75) is 162 Å². The number of benzene rings is 1. The van der Waals surface area contributed by atoms with Gasteiger partial charge in [-0.1, -0.05) is 66.0 Å². The number of hydrogen-bond acceptors (Lipinski definition) is 13. The predicted molar refractivity (Wildman–Crippen MR) is 279 cm³/mol. The monoisotopic (exact) mass is 1060 g/mol. The summed E-state index contributed by atoms with van der Waals surface area (Å²) in [5, 5.41) is 41.8. The number of carbonyl (C=O) groups excluding carboxylic acids is 10. The first-order valence-corrected chi connectivity index (χ1v) is 25.8. The second kappa shape index (κ2) is 32.3. The van der Waals surface area contributed by atoms with Crippen molar-refractivity contribution < 1.29 is 58.2 Å². The molecule has 2 rings (SSSR count). The van der Waals surface area contributed by atoms with Crippen LogP contribution < -0.4 is 54.0 Å². The van der Waals surface area contributed by atoms with Gasteiger partial charge in [0.2, 0.25) is 59.1 Å². The third kappa shape index (κ3) is 21.4. The standard InChI is InChI=1S/C50H83N13O12/c1-10-16-34(43(69)59-40(28(5)11-2)46(72)58-35(17-14-23-54-50(51)52)49(75)63-24-15-18-37(63)45(71)53-13-4)57-48(74)42(30(7)64)61-47(73)41(29(6)12-3)60-44(70)36(25-32-19-21-33(66)22-20-32)56-38(67)26-55-39(68)27-62(9)31(8)65/h19-22,28-30,34-37,40-42,64,66H,10-18,23-27H2,1-9H3,(H,53,71)(H,55,68)(H,56,67)(H,57,74)(H,58,72)(H,59,69)(H,60,70)(H,61,73)(H4,51,52,54)/t28-,29?,30+,34-,35-,36-,37-,40-,41+,42-/m0/s1. The average Bonchev–Trinajstić information content (AvgIpc) is 3.86. The van der Waals surface area contributed by atoms with Gasteiger partial charge in [-0.25, -0.2) is 0 Å². The molecule has 0 aliphatic carbocycles. The van der Waals surface area contributed by atoms with Gasteiger partial charge in [-0.3, -0.25) is 52.9 Å². The number of nitrogens with zero attached hydrogens (tertiary/aromatic N) is 3. The van der Waals surface area contributed by atoms with Crippen LogP contribution >= 0.6 is 0 Å². The van der Waals surface area contributed by atoms with Crippen LogP contribution in [0.5, 0.6) is 5.75 Å². The Morgan fingerprint density at radius 1 is 0.720 bits per heavy atom. The second-order valence-electron chi connectivity index (χ2n) is 19.1. The largest absolute Gasteiger partial charge is 0.508 e. The van der Waals surface area contributed by atoms with Crippen molar-refractivity contribution in [3.05, 3.63) is 29.8 Å². The molecule has 25 nitrogen and oxygen atoms in total. The topological polar surface area (TPSA) is 378 Å². The molecule has 420 valence electrons. The minimum Gasteiger partial charge on any atom is -0.508 e. The molecule has 0 saturated carbocycles. The fourth-order valence-electron chi connectivity index (χ4n) is 8.08. The van der Waals surface area contributed by atoms with Gasteiger partial charge >= 0.3 is 0 Å². The number of phenolic OH excluding ortho intramolecular Hbond substituents is 1. The number of hydrogen-bond donors (Lipinski definition) is 12. The highest BCUT2D eigenvalue weighted by Crippen LogP contribution is 2.21. The third-order valence-corrected chi connectivity index (χ3v) is 13.0. The highest BCUT2D eigenvalue weighted by atomic mass is 16.3. The molecule has 1 aliphatic heterocycles. The molecule has 1 aliphatic rings. The van der Waals surface area contributed by atoms with Gasteiger partial charge in [0, 0.05) is 40.0 Å². The SMILES string of the molecule is CCC[C@H](NC(=O)[C@@H](NC(=O)[C@H](NC(=O)[C@H](Cc1ccc(O)cc1)NC(=O)CNC(=O)CN(C)C(C)=O)C(C)CC)[C@@H](C)O)C(=O)N[C@H](C(=O)N[C@@H](CCCN=C(N)N)C(=O)N1CCC[C@H]1C(=O)NCC)[C@@H](C)CC. The number of aliphatic hydroxyl groups is 1. The zero-order valence-corrected chi connectivity index (χ0v) is 45.0. The molecule has 10 amide bonds. The highest BCUT2D eigenvalue weighted by Gasteiger charge is 2.40. The number of rotatable bonds is 31. The van der Waals surface area contributed by atoms with E-state index in [0.717, 1.165) is 4.90 Å². The van der Waals surface area contributed by atoms with Crippen LogP contribution in [0.15, 0.2) is 29.3 Å². The van der Waals surface area contributed by atoms with Crippen LogP contribution in [-0.4, -0.2) is 173 Å². The van der Waals surface area contributed by atoms with E-state index in [1.54, 1.807) is 41.5 Å². The Kier molecular flexibility index (Phi) is 27.6. The highest BCUT2D eigenvalue weighted by molar-refractivity contribution is 5.98. The first-order valence-electron chi connectivity index (χ1n) is 25.8. The Balaban J connectivity index is 2.35. The summed E-state index contributed by atoms with van der Waals surface area (Å²) in [6.07, 6.45) is 0.924. The number of nitrogens with one attached hydrogen (secondary N) is 8. The molecule has 25 heteroatoms. The molecule has 0 spiro atoms. The van der Waals surface area contributed by atoms with Crippen molar-refractivity contribution in [2.75, 3.05) is 39.8 Å². The van der Waals surface area contributed by atoms with E-state index in [4.69, 9.17) is 11.5 Å². The number of aliphatic hydroxyl groups excluding tert-OH is 1. The average molecular weight is 1060 g/mol. The summed E-state index contributed by atoms with van der Waals surface area (Å²) < 4.78 is 0. The van der Waals surface area contributed by atoms with Gasteiger partial charge in [0.05, 0.1) is 19.2 Å². The summed E-state index contributed by atoms with van der Waals surface area (Å²) in [7, 11) is 1.41. The number of carbonyl (C=O) groups is 10. The second-order valence-corrected chi connectivity index (χ2v) is 19.1. The molecule has 14 N–H and O–H groups in total. The van der Waals surface area contributed by atoms with Crippen molar-refractivity contribution in [1.82, 2.24) is 52.3 Å². The molecule has 0 bridgehead atoms. The normalized spacial score (nSPS) is 16.6. The Morgan fingerprint density at radius 3 is 1.80 bits per heavy atom. The number of amides is 10. The maximum atomic E-state index is 14.2. The van der Waals surface area contributed by atoms with E-state index in [9.17, 15) is 58.2 Å². The van der Waals surface area contributed by atoms with E-state index in [1.807, 2.05) is 0 Å². The molecule has 1 unspecified atom stereocenters. The van der Waals surface area contributed by atoms with E-state index in [-0.39, 0.29) is 62.3 Å². The lowest BCUT2D eigenvalue weighted by molar-refractivity contribution is -0.142. The van der Waals surface area contributed by atoms with E-state index >= 15 is 0 Å². The quantitative estimate of drug-likeness (QED) is 0.0215. The van der Waals surface area contributed by atoms with Crippen LogP contribution in [0.1, 0.15) is 112 Å². The summed E-state index contributed by atoms with van der Waals surface area (Å²) in [6, 6.07) is -2.86. The smallest absolute Gasteiger partial charge is 0.245 e. The van der Waals surface area contributed by atoms with Crippen LogP contribution in [0, 0.1) is 11.8 Å². The molecule has 0 aromatic heterocycles. The van der Waals surface area contributed by atoms with Crippen molar-refractivity contribution in [3.8, 4) is 5.75 Å². The molecule has 1 fully saturated rings. The number of likely N-dealkylation sites (N-methyl/N-ethyl adjacent to an activating group) is 2. The molecule has 1 saturated heterocycles. The lowest BCUT2D eigenvalue weighted by atomic mass is 9.96. The summed E-state index contributed by atoms with van der Waals surface area (Å²) >= 11 is 0. The third-order valence-electron chi connectivity index (χ3n) is 13.0. The number of nitrogens with two attached hydrogens (primary N) is 2. The molecular formula is C50H83N13O12. The summed E-state index contributed by atoms with van der Waals surface area (Å²) in [5.74, 6) is -7.95. The van der Waals surface area contributed by atoms with E-state index in [0.29, 0.717) is 50.8 Å². The van der Waals surface area contributed by atoms with Crippen LogP contribution in [0.3, 0.4) is 0 Å². The van der Waals surface area contributed by atoms with Gasteiger partial charge in [-0.15, -0.1) is 0 Å². The van der Waals surface area contributed by atoms with Gasteiger partial charge < -0.3 is 74.0 Å². The molecule has 1 aromatic rings. The van der Waals surface area contributed by atoms with Crippen molar-refractivity contribution >= 4 is 65.0 Å². The lowest BCUT2D eigenvalue weighted by Gasteiger charge is -2.32. The first kappa shape index (κ1) is 64.1. The fourth-order valence-corrected chi connectivity index (χ4v) is 8.08. The number of likely N-dealkylation sites (tertiary alicyclic amines) is 1.